The van der Waals surface area contributed by atoms with Crippen molar-refractivity contribution in [1.29, 1.82) is 0 Å². The fraction of sp³-hybridized carbons (Fsp3) is 0.476. The molecule has 0 radical (unpaired) electrons. The number of aromatic nitrogens is 1. The maximum absolute atomic E-state index is 9.52. The summed E-state index contributed by atoms with van der Waals surface area (Å²) in [5, 5.41) is 25.8. The Kier molecular flexibility index (Phi) is 5.57. The molecule has 2 aromatic rings. The number of pyridine rings is 1. The summed E-state index contributed by atoms with van der Waals surface area (Å²) in [6.45, 7) is 3.57. The van der Waals surface area contributed by atoms with Crippen molar-refractivity contribution in [3.05, 3.63) is 53.3 Å². The van der Waals surface area contributed by atoms with Crippen molar-refractivity contribution < 1.29 is 14.9 Å². The molecule has 0 unspecified atom stereocenters. The Morgan fingerprint density at radius 2 is 2.04 bits per heavy atom. The average molecular weight is 369 g/mol. The number of hydrogen-bond donors (Lipinski definition) is 4. The lowest BCUT2D eigenvalue weighted by Gasteiger charge is -2.29. The second-order valence-electron chi connectivity index (χ2n) is 7.37. The van der Waals surface area contributed by atoms with Crippen LogP contribution in [-0.2, 0) is 0 Å². The zero-order chi connectivity index (χ0) is 18.6. The predicted molar refractivity (Wildman–Crippen MR) is 104 cm³/mol. The summed E-state index contributed by atoms with van der Waals surface area (Å²) in [6.07, 6.45) is 4.98. The maximum Gasteiger partial charge on any atom is 0.180 e. The Hall–Kier alpha value is -2.15. The van der Waals surface area contributed by atoms with Crippen LogP contribution in [0.25, 0.3) is 0 Å². The molecule has 27 heavy (non-hydrogen) atoms. The molecular weight excluding hydrogens is 342 g/mol. The molecular formula is C21H27N3O3. The van der Waals surface area contributed by atoms with E-state index in [1.54, 1.807) is 18.5 Å². The highest BCUT2D eigenvalue weighted by Crippen LogP contribution is 2.37. The summed E-state index contributed by atoms with van der Waals surface area (Å²) >= 11 is 0. The highest BCUT2D eigenvalue weighted by Gasteiger charge is 2.24. The van der Waals surface area contributed by atoms with Crippen LogP contribution < -0.4 is 15.4 Å². The molecule has 1 aromatic heterocycles. The molecule has 1 fully saturated rings. The Balaban J connectivity index is 1.48. The molecule has 0 spiro atoms. The number of hydrogen-bond acceptors (Lipinski definition) is 6. The molecule has 1 saturated heterocycles. The highest BCUT2D eigenvalue weighted by atomic mass is 16.5. The van der Waals surface area contributed by atoms with Crippen molar-refractivity contribution in [2.45, 2.75) is 37.4 Å². The molecule has 2 aliphatic heterocycles. The topological polar surface area (TPSA) is 86.6 Å². The molecule has 4 N–H and O–H groups in total. The number of nitrogens with one attached hydrogen (secondary N) is 2. The molecule has 6 heteroatoms. The Morgan fingerprint density at radius 3 is 2.85 bits per heavy atom. The van der Waals surface area contributed by atoms with E-state index in [2.05, 4.69) is 33.8 Å². The number of piperidine rings is 1. The second kappa shape index (κ2) is 8.25. The van der Waals surface area contributed by atoms with Crippen molar-refractivity contribution in [1.82, 2.24) is 10.3 Å². The van der Waals surface area contributed by atoms with Gasteiger partial charge < -0.3 is 25.6 Å². The summed E-state index contributed by atoms with van der Waals surface area (Å²) in [5.41, 5.74) is 3.70. The van der Waals surface area contributed by atoms with E-state index in [-0.39, 0.29) is 0 Å². The first-order valence-corrected chi connectivity index (χ1v) is 9.73. The van der Waals surface area contributed by atoms with Crippen molar-refractivity contribution in [3.63, 3.8) is 0 Å². The molecule has 1 atom stereocenters. The third-order valence-corrected chi connectivity index (χ3v) is 5.68. The van der Waals surface area contributed by atoms with Crippen LogP contribution in [0, 0.1) is 0 Å². The highest BCUT2D eigenvalue weighted by molar-refractivity contribution is 5.50. The SMILES string of the molecule is OC(O)c1ccncc1NC[C@H]1CCOc2cc(C3CCNCC3)ccc21. The number of benzene rings is 1. The number of aliphatic hydroxyl groups excluding tert-OH is 1. The minimum absolute atomic E-state index is 0.319. The lowest BCUT2D eigenvalue weighted by molar-refractivity contribution is -0.0419. The van der Waals surface area contributed by atoms with E-state index in [0.717, 1.165) is 25.3 Å². The van der Waals surface area contributed by atoms with E-state index >= 15 is 0 Å². The first kappa shape index (κ1) is 18.2. The van der Waals surface area contributed by atoms with E-state index in [1.807, 2.05) is 0 Å². The van der Waals surface area contributed by atoms with Gasteiger partial charge in [0.05, 0.1) is 18.5 Å². The zero-order valence-electron chi connectivity index (χ0n) is 15.4. The van der Waals surface area contributed by atoms with Gasteiger partial charge >= 0.3 is 0 Å². The number of nitrogens with zero attached hydrogens (tertiary/aromatic N) is 1. The van der Waals surface area contributed by atoms with Gasteiger partial charge in [0.15, 0.2) is 6.29 Å². The molecule has 0 bridgehead atoms. The van der Waals surface area contributed by atoms with Gasteiger partial charge in [-0.1, -0.05) is 12.1 Å². The van der Waals surface area contributed by atoms with Crippen molar-refractivity contribution in [2.24, 2.45) is 0 Å². The maximum atomic E-state index is 9.52. The van der Waals surface area contributed by atoms with Gasteiger partial charge in [-0.2, -0.15) is 0 Å². The van der Waals surface area contributed by atoms with Gasteiger partial charge in [0.1, 0.15) is 5.75 Å². The summed E-state index contributed by atoms with van der Waals surface area (Å²) in [5.74, 6) is 1.93. The zero-order valence-corrected chi connectivity index (χ0v) is 15.4. The van der Waals surface area contributed by atoms with Gasteiger partial charge in [-0.3, -0.25) is 4.98 Å². The molecule has 3 heterocycles. The molecule has 0 amide bonds. The third-order valence-electron chi connectivity index (χ3n) is 5.68. The van der Waals surface area contributed by atoms with E-state index in [9.17, 15) is 10.2 Å². The number of anilines is 1. The van der Waals surface area contributed by atoms with E-state index in [4.69, 9.17) is 4.74 Å². The monoisotopic (exact) mass is 369 g/mol. The van der Waals surface area contributed by atoms with Crippen LogP contribution >= 0.6 is 0 Å². The van der Waals surface area contributed by atoms with Crippen molar-refractivity contribution >= 4 is 5.69 Å². The van der Waals surface area contributed by atoms with Crippen LogP contribution in [-0.4, -0.2) is 41.4 Å². The van der Waals surface area contributed by atoms with E-state index in [0.29, 0.717) is 36.2 Å². The predicted octanol–water partition coefficient (Wildman–Crippen LogP) is 2.51. The first-order chi connectivity index (χ1) is 13.2. The Morgan fingerprint density at radius 1 is 1.19 bits per heavy atom. The second-order valence-corrected chi connectivity index (χ2v) is 7.37. The normalized spacial score (nSPS) is 20.2. The number of rotatable bonds is 5. The molecule has 0 aliphatic carbocycles. The summed E-state index contributed by atoms with van der Waals surface area (Å²) in [7, 11) is 0. The lowest BCUT2D eigenvalue weighted by Crippen LogP contribution is -2.27. The third kappa shape index (κ3) is 4.08. The molecule has 6 nitrogen and oxygen atoms in total. The minimum atomic E-state index is -1.51. The Labute approximate surface area is 159 Å². The fourth-order valence-corrected chi connectivity index (χ4v) is 4.11. The molecule has 2 aliphatic rings. The largest absolute Gasteiger partial charge is 0.493 e. The van der Waals surface area contributed by atoms with Crippen LogP contribution in [0.15, 0.2) is 36.7 Å². The number of ether oxygens (including phenoxy) is 1. The van der Waals surface area contributed by atoms with Crippen LogP contribution in [0.1, 0.15) is 54.1 Å². The Bertz CT molecular complexity index is 775. The van der Waals surface area contributed by atoms with Gasteiger partial charge in [-0.05, 0) is 61.5 Å². The fourth-order valence-electron chi connectivity index (χ4n) is 4.11. The van der Waals surface area contributed by atoms with Crippen LogP contribution in [0.2, 0.25) is 0 Å². The van der Waals surface area contributed by atoms with E-state index in [1.165, 1.54) is 24.0 Å². The van der Waals surface area contributed by atoms with Gasteiger partial charge in [-0.25, -0.2) is 0 Å². The van der Waals surface area contributed by atoms with Gasteiger partial charge in [0, 0.05) is 24.2 Å². The number of fused-ring (bicyclic) bond motifs is 1. The first-order valence-electron chi connectivity index (χ1n) is 9.73. The summed E-state index contributed by atoms with van der Waals surface area (Å²) < 4.78 is 5.96. The number of aliphatic hydroxyl groups is 2. The summed E-state index contributed by atoms with van der Waals surface area (Å²) in [4.78, 5) is 4.08. The van der Waals surface area contributed by atoms with Crippen LogP contribution in [0.5, 0.6) is 5.75 Å². The quantitative estimate of drug-likeness (QED) is 0.606. The molecule has 144 valence electrons. The van der Waals surface area contributed by atoms with Crippen molar-refractivity contribution in [2.75, 3.05) is 31.6 Å². The van der Waals surface area contributed by atoms with Gasteiger partial charge in [-0.15, -0.1) is 0 Å². The van der Waals surface area contributed by atoms with Gasteiger partial charge in [0.2, 0.25) is 0 Å². The summed E-state index contributed by atoms with van der Waals surface area (Å²) in [6, 6.07) is 8.31. The van der Waals surface area contributed by atoms with Crippen LogP contribution in [0.3, 0.4) is 0 Å². The van der Waals surface area contributed by atoms with Gasteiger partial charge in [0.25, 0.3) is 0 Å². The molecule has 0 saturated carbocycles. The molecule has 4 rings (SSSR count). The lowest BCUT2D eigenvalue weighted by atomic mass is 9.86. The minimum Gasteiger partial charge on any atom is -0.493 e. The van der Waals surface area contributed by atoms with Crippen LogP contribution in [0.4, 0.5) is 5.69 Å². The van der Waals surface area contributed by atoms with E-state index < -0.39 is 6.29 Å². The smallest absolute Gasteiger partial charge is 0.180 e. The average Bonchev–Trinajstić information content (AvgIpc) is 2.72. The standard InChI is InChI=1S/C21H27N3O3/c25-21(26)18-5-9-23-13-19(18)24-12-16-6-10-27-20-11-15(1-2-17(16)20)14-3-7-22-8-4-14/h1-2,5,9,11,13-14,16,21-22,24-26H,3-4,6-8,10,12H2/t16-/m1/s1. The molecule has 1 aromatic carbocycles. The van der Waals surface area contributed by atoms with Crippen molar-refractivity contribution in [3.8, 4) is 5.75 Å².